The molecule has 5 heteroatoms. The second kappa shape index (κ2) is 5.31. The molecule has 0 aliphatic rings. The van der Waals surface area contributed by atoms with Crippen molar-refractivity contribution in [2.75, 3.05) is 0 Å². The fourth-order valence-corrected chi connectivity index (χ4v) is 3.11. The first-order valence-corrected chi connectivity index (χ1v) is 7.02. The molecule has 2 aromatic carbocycles. The topological polar surface area (TPSA) is 12.9 Å². The van der Waals surface area contributed by atoms with Gasteiger partial charge in [-0.25, -0.2) is 13.8 Å². The molecule has 0 radical (unpaired) electrons. The van der Waals surface area contributed by atoms with Crippen molar-refractivity contribution in [1.82, 2.24) is 4.98 Å². The van der Waals surface area contributed by atoms with E-state index in [1.165, 1.54) is 12.1 Å². The average Bonchev–Trinajstić information content (AvgIpc) is 2.81. The third kappa shape index (κ3) is 2.32. The fourth-order valence-electron chi connectivity index (χ4n) is 1.96. The normalized spacial score (nSPS) is 10.8. The average molecular weight is 308 g/mol. The predicted octanol–water partition coefficient (Wildman–Crippen LogP) is 5.41. The Morgan fingerprint density at radius 2 is 1.40 bits per heavy atom. The lowest BCUT2D eigenvalue weighted by molar-refractivity contribution is 0.629. The Labute approximate surface area is 123 Å². The second-order valence-electron chi connectivity index (χ2n) is 4.10. The summed E-state index contributed by atoms with van der Waals surface area (Å²) in [6.45, 7) is 0. The minimum atomic E-state index is -0.410. The third-order valence-electron chi connectivity index (χ3n) is 2.85. The first kappa shape index (κ1) is 13.2. The molecule has 1 heterocycles. The molecule has 0 saturated carbocycles. The molecule has 0 atom stereocenters. The third-order valence-corrected chi connectivity index (χ3v) is 4.04. The van der Waals surface area contributed by atoms with E-state index in [0.29, 0.717) is 21.7 Å². The molecule has 0 bridgehead atoms. The van der Waals surface area contributed by atoms with Crippen LogP contribution in [0.3, 0.4) is 0 Å². The lowest BCUT2D eigenvalue weighted by Gasteiger charge is -2.04. The highest BCUT2D eigenvalue weighted by Gasteiger charge is 2.18. The highest BCUT2D eigenvalue weighted by atomic mass is 35.5. The van der Waals surface area contributed by atoms with Crippen LogP contribution >= 0.6 is 22.9 Å². The van der Waals surface area contributed by atoms with Crippen molar-refractivity contribution in [3.8, 4) is 21.7 Å². The van der Waals surface area contributed by atoms with E-state index >= 15 is 0 Å². The molecule has 0 aliphatic heterocycles. The van der Waals surface area contributed by atoms with Crippen LogP contribution in [0.1, 0.15) is 0 Å². The van der Waals surface area contributed by atoms with Gasteiger partial charge in [-0.3, -0.25) is 0 Å². The second-order valence-corrected chi connectivity index (χ2v) is 5.69. The van der Waals surface area contributed by atoms with Gasteiger partial charge >= 0.3 is 0 Å². The van der Waals surface area contributed by atoms with E-state index in [1.807, 2.05) is 0 Å². The number of halogens is 3. The molecule has 1 aromatic heterocycles. The fraction of sp³-hybridized carbons (Fsp3) is 0. The van der Waals surface area contributed by atoms with Gasteiger partial charge in [-0.2, -0.15) is 0 Å². The molecule has 3 aromatic rings. The zero-order chi connectivity index (χ0) is 14.1. The Kier molecular flexibility index (Phi) is 3.51. The molecule has 0 spiro atoms. The molecule has 0 unspecified atom stereocenters. The number of rotatable bonds is 2. The summed E-state index contributed by atoms with van der Waals surface area (Å²) in [5.74, 6) is -0.794. The van der Waals surface area contributed by atoms with Crippen LogP contribution in [0.5, 0.6) is 0 Å². The summed E-state index contributed by atoms with van der Waals surface area (Å²) >= 11 is 7.07. The monoisotopic (exact) mass is 307 g/mol. The summed E-state index contributed by atoms with van der Waals surface area (Å²) in [5.41, 5.74) is 1.05. The van der Waals surface area contributed by atoms with Crippen LogP contribution < -0.4 is 0 Å². The van der Waals surface area contributed by atoms with E-state index < -0.39 is 5.82 Å². The van der Waals surface area contributed by atoms with Gasteiger partial charge in [-0.1, -0.05) is 41.9 Å². The number of hydrogen-bond donors (Lipinski definition) is 0. The summed E-state index contributed by atoms with van der Waals surface area (Å²) in [7, 11) is 0. The van der Waals surface area contributed by atoms with Crippen molar-refractivity contribution in [2.45, 2.75) is 0 Å². The van der Waals surface area contributed by atoms with Crippen LogP contribution in [0.25, 0.3) is 21.7 Å². The van der Waals surface area contributed by atoms with Crippen LogP contribution in [-0.2, 0) is 0 Å². The molecule has 20 heavy (non-hydrogen) atoms. The summed E-state index contributed by atoms with van der Waals surface area (Å²) in [4.78, 5) is 4.66. The number of benzene rings is 2. The van der Waals surface area contributed by atoms with Crippen LogP contribution in [0.15, 0.2) is 48.5 Å². The highest BCUT2D eigenvalue weighted by molar-refractivity contribution is 7.19. The van der Waals surface area contributed by atoms with Gasteiger partial charge in [0.05, 0.1) is 10.6 Å². The lowest BCUT2D eigenvalue weighted by atomic mass is 10.1. The molecule has 1 nitrogen and oxygen atoms in total. The summed E-state index contributed by atoms with van der Waals surface area (Å²) in [6.07, 6.45) is 0. The van der Waals surface area contributed by atoms with Crippen LogP contribution in [-0.4, -0.2) is 4.98 Å². The number of thiazole rings is 1. The van der Waals surface area contributed by atoms with E-state index in [2.05, 4.69) is 4.98 Å². The summed E-state index contributed by atoms with van der Waals surface area (Å²) < 4.78 is 28.1. The van der Waals surface area contributed by atoms with Crippen molar-refractivity contribution in [1.29, 1.82) is 0 Å². The maximum absolute atomic E-state index is 13.9. The van der Waals surface area contributed by atoms with E-state index in [1.54, 1.807) is 36.4 Å². The highest BCUT2D eigenvalue weighted by Crippen LogP contribution is 2.40. The zero-order valence-electron chi connectivity index (χ0n) is 10.1. The first-order valence-electron chi connectivity index (χ1n) is 5.83. The van der Waals surface area contributed by atoms with Crippen LogP contribution in [0, 0.1) is 11.6 Å². The van der Waals surface area contributed by atoms with Crippen molar-refractivity contribution in [3.63, 3.8) is 0 Å². The van der Waals surface area contributed by atoms with Crippen LogP contribution in [0.2, 0.25) is 4.47 Å². The molecule has 0 saturated heterocycles. The Hall–Kier alpha value is -1.78. The molecular weight excluding hydrogens is 300 g/mol. The van der Waals surface area contributed by atoms with Crippen molar-refractivity contribution < 1.29 is 8.78 Å². The molecule has 0 aliphatic carbocycles. The van der Waals surface area contributed by atoms with Crippen LogP contribution in [0.4, 0.5) is 8.78 Å². The number of aromatic nitrogens is 1. The summed E-state index contributed by atoms with van der Waals surface area (Å²) in [5, 5.41) is 0. The molecular formula is C15H8ClF2NS. The lowest BCUT2D eigenvalue weighted by Crippen LogP contribution is -1.88. The van der Waals surface area contributed by atoms with E-state index in [4.69, 9.17) is 11.6 Å². The van der Waals surface area contributed by atoms with E-state index in [9.17, 15) is 8.78 Å². The molecule has 100 valence electrons. The van der Waals surface area contributed by atoms with Crippen molar-refractivity contribution in [3.05, 3.63) is 64.6 Å². The van der Waals surface area contributed by atoms with Crippen molar-refractivity contribution in [2.24, 2.45) is 0 Å². The predicted molar refractivity (Wildman–Crippen MR) is 77.9 cm³/mol. The van der Waals surface area contributed by atoms with Gasteiger partial charge in [0.2, 0.25) is 0 Å². The summed E-state index contributed by atoms with van der Waals surface area (Å²) in [6, 6.07) is 12.5. The van der Waals surface area contributed by atoms with Gasteiger partial charge in [-0.15, -0.1) is 11.3 Å². The maximum Gasteiger partial charge on any atom is 0.184 e. The van der Waals surface area contributed by atoms with E-state index in [-0.39, 0.29) is 10.3 Å². The van der Waals surface area contributed by atoms with Gasteiger partial charge in [0, 0.05) is 11.1 Å². The quantitative estimate of drug-likeness (QED) is 0.617. The molecule has 0 amide bonds. The Balaban J connectivity index is 2.25. The Morgan fingerprint density at radius 1 is 0.850 bits per heavy atom. The minimum Gasteiger partial charge on any atom is -0.224 e. The van der Waals surface area contributed by atoms with Crippen molar-refractivity contribution >= 4 is 22.9 Å². The number of nitrogens with zero attached hydrogens (tertiary/aromatic N) is 1. The smallest absolute Gasteiger partial charge is 0.184 e. The molecule has 0 N–H and O–H groups in total. The van der Waals surface area contributed by atoms with Gasteiger partial charge in [0.1, 0.15) is 11.6 Å². The van der Waals surface area contributed by atoms with Gasteiger partial charge in [0.15, 0.2) is 4.47 Å². The molecule has 3 rings (SSSR count). The first-order chi connectivity index (χ1) is 9.66. The Morgan fingerprint density at radius 3 is 2.00 bits per heavy atom. The van der Waals surface area contributed by atoms with Gasteiger partial charge in [0.25, 0.3) is 0 Å². The zero-order valence-corrected chi connectivity index (χ0v) is 11.7. The largest absolute Gasteiger partial charge is 0.224 e. The van der Waals surface area contributed by atoms with Gasteiger partial charge < -0.3 is 0 Å². The van der Waals surface area contributed by atoms with E-state index in [0.717, 1.165) is 11.3 Å². The Bertz CT molecular complexity index is 707. The maximum atomic E-state index is 13.9. The minimum absolute atomic E-state index is 0.251. The molecule has 0 fully saturated rings. The SMILES string of the molecule is Fc1ccccc1-c1nc(Cl)sc1-c1ccccc1F. The number of hydrogen-bond acceptors (Lipinski definition) is 2. The standard InChI is InChI=1S/C15H8ClF2NS/c16-15-19-13(9-5-1-3-7-11(9)17)14(20-15)10-6-2-4-8-12(10)18/h1-8H. The van der Waals surface area contributed by atoms with Gasteiger partial charge in [-0.05, 0) is 18.2 Å².